The maximum atomic E-state index is 11.3. The van der Waals surface area contributed by atoms with Crippen molar-refractivity contribution in [3.63, 3.8) is 0 Å². The highest BCUT2D eigenvalue weighted by Crippen LogP contribution is 2.24. The van der Waals surface area contributed by atoms with Crippen LogP contribution in [0.2, 0.25) is 0 Å². The molecule has 0 spiro atoms. The Bertz CT molecular complexity index is 472. The topological polar surface area (TPSA) is 67.2 Å². The zero-order valence-electron chi connectivity index (χ0n) is 14.1. The second-order valence-electron chi connectivity index (χ2n) is 7.22. The minimum atomic E-state index is -0.724. The van der Waals surface area contributed by atoms with E-state index >= 15 is 0 Å². The SMILES string of the molecule is CC(C)CC(CNCc1cn(C)nc1C(C)(C)C)C(=O)O. The van der Waals surface area contributed by atoms with Gasteiger partial charge in [0.05, 0.1) is 11.6 Å². The van der Waals surface area contributed by atoms with E-state index in [2.05, 4.69) is 45.0 Å². The first-order valence-corrected chi connectivity index (χ1v) is 7.57. The Balaban J connectivity index is 2.65. The molecule has 21 heavy (non-hydrogen) atoms. The third-order valence-corrected chi connectivity index (χ3v) is 3.43. The average Bonchev–Trinajstić information content (AvgIpc) is 2.68. The minimum Gasteiger partial charge on any atom is -0.481 e. The highest BCUT2D eigenvalue weighted by atomic mass is 16.4. The molecule has 2 N–H and O–H groups in total. The van der Waals surface area contributed by atoms with E-state index in [4.69, 9.17) is 0 Å². The Morgan fingerprint density at radius 1 is 1.43 bits per heavy atom. The molecule has 1 aromatic heterocycles. The Kier molecular flexibility index (Phi) is 5.96. The van der Waals surface area contributed by atoms with Gasteiger partial charge in [-0.1, -0.05) is 34.6 Å². The van der Waals surface area contributed by atoms with Crippen LogP contribution in [0.15, 0.2) is 6.20 Å². The molecule has 0 radical (unpaired) electrons. The molecular formula is C16H29N3O2. The maximum absolute atomic E-state index is 11.3. The summed E-state index contributed by atoms with van der Waals surface area (Å²) in [5.41, 5.74) is 2.19. The number of carboxylic acids is 1. The van der Waals surface area contributed by atoms with Crippen LogP contribution in [0.25, 0.3) is 0 Å². The van der Waals surface area contributed by atoms with Gasteiger partial charge in [-0.25, -0.2) is 0 Å². The first-order valence-electron chi connectivity index (χ1n) is 7.57. The van der Waals surface area contributed by atoms with E-state index in [9.17, 15) is 9.90 Å². The van der Waals surface area contributed by atoms with Crippen LogP contribution in [0.5, 0.6) is 0 Å². The smallest absolute Gasteiger partial charge is 0.307 e. The van der Waals surface area contributed by atoms with Gasteiger partial charge < -0.3 is 10.4 Å². The first kappa shape index (κ1) is 17.7. The fraction of sp³-hybridized carbons (Fsp3) is 0.750. The van der Waals surface area contributed by atoms with Gasteiger partial charge in [0.25, 0.3) is 0 Å². The molecule has 0 saturated carbocycles. The summed E-state index contributed by atoms with van der Waals surface area (Å²) >= 11 is 0. The predicted octanol–water partition coefficient (Wildman–Crippen LogP) is 2.55. The van der Waals surface area contributed by atoms with Gasteiger partial charge in [-0.05, 0) is 12.3 Å². The van der Waals surface area contributed by atoms with Crippen LogP contribution < -0.4 is 5.32 Å². The molecule has 0 aliphatic heterocycles. The van der Waals surface area contributed by atoms with Gasteiger partial charge in [-0.2, -0.15) is 5.10 Å². The van der Waals surface area contributed by atoms with Crippen molar-refractivity contribution in [3.8, 4) is 0 Å². The molecule has 0 aliphatic rings. The number of rotatable bonds is 7. The summed E-state index contributed by atoms with van der Waals surface area (Å²) in [5, 5.41) is 17.1. The van der Waals surface area contributed by atoms with E-state index in [1.54, 1.807) is 0 Å². The number of hydrogen-bond acceptors (Lipinski definition) is 3. The lowest BCUT2D eigenvalue weighted by Crippen LogP contribution is -2.30. The van der Waals surface area contributed by atoms with Crippen molar-refractivity contribution < 1.29 is 9.90 Å². The van der Waals surface area contributed by atoms with Gasteiger partial charge >= 0.3 is 5.97 Å². The second-order valence-corrected chi connectivity index (χ2v) is 7.22. The summed E-state index contributed by atoms with van der Waals surface area (Å²) < 4.78 is 1.82. The van der Waals surface area contributed by atoms with Crippen LogP contribution in [0.3, 0.4) is 0 Å². The van der Waals surface area contributed by atoms with Crippen LogP contribution in [0.4, 0.5) is 0 Å². The highest BCUT2D eigenvalue weighted by molar-refractivity contribution is 5.70. The summed E-state index contributed by atoms with van der Waals surface area (Å²) in [6.07, 6.45) is 2.70. The normalized spacial score (nSPS) is 13.7. The van der Waals surface area contributed by atoms with E-state index in [0.29, 0.717) is 25.4 Å². The Labute approximate surface area is 127 Å². The Morgan fingerprint density at radius 2 is 2.05 bits per heavy atom. The fourth-order valence-electron chi connectivity index (χ4n) is 2.52. The third-order valence-electron chi connectivity index (χ3n) is 3.43. The van der Waals surface area contributed by atoms with Crippen molar-refractivity contribution in [3.05, 3.63) is 17.5 Å². The van der Waals surface area contributed by atoms with Gasteiger partial charge in [-0.15, -0.1) is 0 Å². The van der Waals surface area contributed by atoms with Crippen LogP contribution in [-0.2, 0) is 23.8 Å². The van der Waals surface area contributed by atoms with Crippen LogP contribution in [-0.4, -0.2) is 27.4 Å². The number of aromatic nitrogens is 2. The van der Waals surface area contributed by atoms with E-state index < -0.39 is 5.97 Å². The lowest BCUT2D eigenvalue weighted by molar-refractivity contribution is -0.142. The molecule has 0 amide bonds. The summed E-state index contributed by atoms with van der Waals surface area (Å²) in [7, 11) is 1.91. The molecule has 1 atom stereocenters. The second kappa shape index (κ2) is 7.07. The summed E-state index contributed by atoms with van der Waals surface area (Å²) in [6, 6.07) is 0. The Hall–Kier alpha value is -1.36. The number of aryl methyl sites for hydroxylation is 1. The summed E-state index contributed by atoms with van der Waals surface area (Å²) in [4.78, 5) is 11.3. The van der Waals surface area contributed by atoms with Gasteiger partial charge in [-0.3, -0.25) is 9.48 Å². The zero-order valence-corrected chi connectivity index (χ0v) is 14.1. The van der Waals surface area contributed by atoms with Crippen molar-refractivity contribution in [1.29, 1.82) is 0 Å². The van der Waals surface area contributed by atoms with Crippen molar-refractivity contribution in [2.24, 2.45) is 18.9 Å². The molecule has 1 unspecified atom stereocenters. The first-order chi connectivity index (χ1) is 9.61. The molecule has 5 heteroatoms. The number of hydrogen-bond donors (Lipinski definition) is 2. The van der Waals surface area contributed by atoms with Gasteiger partial charge in [0.1, 0.15) is 0 Å². The molecule has 120 valence electrons. The lowest BCUT2D eigenvalue weighted by atomic mass is 9.89. The molecule has 1 rings (SSSR count). The van der Waals surface area contributed by atoms with Crippen LogP contribution >= 0.6 is 0 Å². The fourth-order valence-corrected chi connectivity index (χ4v) is 2.52. The van der Waals surface area contributed by atoms with Crippen LogP contribution in [0, 0.1) is 11.8 Å². The molecule has 0 bridgehead atoms. The summed E-state index contributed by atoms with van der Waals surface area (Å²) in [5.74, 6) is -0.672. The van der Waals surface area contributed by atoms with Gasteiger partial charge in [0, 0.05) is 37.3 Å². The molecule has 1 aromatic rings. The lowest BCUT2D eigenvalue weighted by Gasteiger charge is -2.19. The van der Waals surface area contributed by atoms with E-state index in [1.165, 1.54) is 0 Å². The van der Waals surface area contributed by atoms with Crippen molar-refractivity contribution in [1.82, 2.24) is 15.1 Å². The highest BCUT2D eigenvalue weighted by Gasteiger charge is 2.22. The quantitative estimate of drug-likeness (QED) is 0.811. The minimum absolute atomic E-state index is 0.0115. The number of nitrogens with one attached hydrogen (secondary N) is 1. The maximum Gasteiger partial charge on any atom is 0.307 e. The average molecular weight is 295 g/mol. The largest absolute Gasteiger partial charge is 0.481 e. The summed E-state index contributed by atoms with van der Waals surface area (Å²) in [6.45, 7) is 11.7. The van der Waals surface area contributed by atoms with Crippen molar-refractivity contribution in [2.45, 2.75) is 53.0 Å². The molecule has 5 nitrogen and oxygen atoms in total. The zero-order chi connectivity index (χ0) is 16.2. The number of aliphatic carboxylic acids is 1. The van der Waals surface area contributed by atoms with Gasteiger partial charge in [0.15, 0.2) is 0 Å². The molecule has 0 saturated heterocycles. The standard InChI is InChI=1S/C16H29N3O2/c1-11(2)7-12(15(20)21)8-17-9-13-10-19(6)18-14(13)16(3,4)5/h10-12,17H,7-9H2,1-6H3,(H,20,21). The number of carbonyl (C=O) groups is 1. The van der Waals surface area contributed by atoms with Gasteiger partial charge in [0.2, 0.25) is 0 Å². The van der Waals surface area contributed by atoms with E-state index in [1.807, 2.05) is 17.9 Å². The predicted molar refractivity (Wildman–Crippen MR) is 84.2 cm³/mol. The Morgan fingerprint density at radius 3 is 2.52 bits per heavy atom. The monoisotopic (exact) mass is 295 g/mol. The number of carboxylic acid groups (broad SMARTS) is 1. The number of nitrogens with zero attached hydrogens (tertiary/aromatic N) is 2. The van der Waals surface area contributed by atoms with Crippen molar-refractivity contribution in [2.75, 3.05) is 6.54 Å². The van der Waals surface area contributed by atoms with E-state index in [0.717, 1.165) is 11.3 Å². The van der Waals surface area contributed by atoms with Crippen LogP contribution in [0.1, 0.15) is 52.3 Å². The molecule has 0 fully saturated rings. The molecule has 0 aromatic carbocycles. The molecule has 1 heterocycles. The molecule has 0 aliphatic carbocycles. The third kappa shape index (κ3) is 5.50. The van der Waals surface area contributed by atoms with E-state index in [-0.39, 0.29) is 11.3 Å². The van der Waals surface area contributed by atoms with Crippen molar-refractivity contribution >= 4 is 5.97 Å². The molecular weight excluding hydrogens is 266 g/mol.